The van der Waals surface area contributed by atoms with Crippen LogP contribution in [0.2, 0.25) is 0 Å². The monoisotopic (exact) mass is 448 g/mol. The average Bonchev–Trinajstić information content (AvgIpc) is 2.73. The van der Waals surface area contributed by atoms with Crippen molar-refractivity contribution in [2.45, 2.75) is 32.2 Å². The third kappa shape index (κ3) is 5.61. The lowest BCUT2D eigenvalue weighted by molar-refractivity contribution is -0.137. The number of carbonyl (C=O) groups excluding carboxylic acids is 1. The highest BCUT2D eigenvalue weighted by Gasteiger charge is 2.30. The number of alkyl halides is 3. The zero-order chi connectivity index (χ0) is 23.5. The summed E-state index contributed by atoms with van der Waals surface area (Å²) in [6, 6.07) is 10.5. The maximum atomic E-state index is 13.8. The zero-order valence-corrected chi connectivity index (χ0v) is 17.2. The molecule has 5 nitrogen and oxygen atoms in total. The number of halogens is 4. The molecular weight excluding hydrogens is 428 g/mol. The first-order valence-corrected chi connectivity index (χ1v) is 9.64. The van der Waals surface area contributed by atoms with E-state index in [1.165, 1.54) is 37.4 Å². The molecule has 0 bridgehead atoms. The highest BCUT2D eigenvalue weighted by Crippen LogP contribution is 2.35. The van der Waals surface area contributed by atoms with E-state index >= 15 is 0 Å². The number of nitrogens with zero attached hydrogens (tertiary/aromatic N) is 1. The fourth-order valence-corrected chi connectivity index (χ4v) is 2.75. The molecule has 32 heavy (non-hydrogen) atoms. The molecule has 3 rings (SSSR count). The number of nitrogens with one attached hydrogen (secondary N) is 1. The summed E-state index contributed by atoms with van der Waals surface area (Å²) >= 11 is 0. The van der Waals surface area contributed by atoms with Crippen LogP contribution in [0.5, 0.6) is 11.6 Å². The molecule has 0 saturated heterocycles. The van der Waals surface area contributed by atoms with E-state index in [1.807, 2.05) is 0 Å². The van der Waals surface area contributed by atoms with E-state index in [-0.39, 0.29) is 22.8 Å². The minimum Gasteiger partial charge on any atom is -0.438 e. The lowest BCUT2D eigenvalue weighted by Crippen LogP contribution is -2.39. The summed E-state index contributed by atoms with van der Waals surface area (Å²) in [4.78, 5) is 16.7. The number of aromatic nitrogens is 1. The van der Waals surface area contributed by atoms with Crippen molar-refractivity contribution in [3.8, 4) is 22.8 Å². The lowest BCUT2D eigenvalue weighted by atomic mass is 10.0. The third-order valence-electron chi connectivity index (χ3n) is 4.73. The predicted molar refractivity (Wildman–Crippen MR) is 110 cm³/mol. The van der Waals surface area contributed by atoms with Crippen LogP contribution in [-0.4, -0.2) is 28.1 Å². The van der Waals surface area contributed by atoms with E-state index in [2.05, 4.69) is 10.3 Å². The molecule has 0 radical (unpaired) electrons. The van der Waals surface area contributed by atoms with Crippen LogP contribution in [0.4, 0.5) is 17.6 Å². The number of hydrogen-bond acceptors (Lipinski definition) is 4. The van der Waals surface area contributed by atoms with Crippen molar-refractivity contribution in [2.75, 3.05) is 0 Å². The Morgan fingerprint density at radius 2 is 1.78 bits per heavy atom. The Hall–Kier alpha value is -3.46. The van der Waals surface area contributed by atoms with Gasteiger partial charge in [-0.25, -0.2) is 9.37 Å². The van der Waals surface area contributed by atoms with E-state index in [9.17, 15) is 27.5 Å². The Morgan fingerprint density at radius 3 is 2.38 bits per heavy atom. The van der Waals surface area contributed by atoms with Gasteiger partial charge in [-0.05, 0) is 61.9 Å². The quantitative estimate of drug-likeness (QED) is 0.509. The number of ether oxygens (including phenoxy) is 1. The Bertz CT molecular complexity index is 1100. The first kappa shape index (κ1) is 23.2. The Labute approximate surface area is 181 Å². The van der Waals surface area contributed by atoms with Gasteiger partial charge in [-0.2, -0.15) is 13.2 Å². The molecule has 168 valence electrons. The standard InChI is InChI=1S/C23H20F4N2O3/c1-13(14(2)30)29-21(31)16-11-20(15-4-3-5-18(24)10-15)22(28-12-16)32-19-8-6-17(7-9-19)23(25,26)27/h3-14,30H,1-2H3,(H,29,31)/t13-,14-/m0/s1. The summed E-state index contributed by atoms with van der Waals surface area (Å²) in [6.07, 6.45) is -4.04. The van der Waals surface area contributed by atoms with Crippen LogP contribution in [0, 0.1) is 5.82 Å². The van der Waals surface area contributed by atoms with E-state index in [0.29, 0.717) is 5.56 Å². The van der Waals surface area contributed by atoms with Crippen LogP contribution < -0.4 is 10.1 Å². The number of amides is 1. The SMILES string of the molecule is C[C@H](O)[C@H](C)NC(=O)c1cnc(Oc2ccc(C(F)(F)F)cc2)c(-c2cccc(F)c2)c1. The molecule has 1 heterocycles. The van der Waals surface area contributed by atoms with E-state index < -0.39 is 35.6 Å². The van der Waals surface area contributed by atoms with Crippen molar-refractivity contribution in [1.82, 2.24) is 10.3 Å². The fraction of sp³-hybridized carbons (Fsp3) is 0.217. The number of aliphatic hydroxyl groups is 1. The van der Waals surface area contributed by atoms with Gasteiger partial charge in [0.05, 0.1) is 23.3 Å². The second-order valence-corrected chi connectivity index (χ2v) is 7.21. The van der Waals surface area contributed by atoms with Crippen LogP contribution in [0.3, 0.4) is 0 Å². The molecule has 0 aliphatic heterocycles. The molecule has 0 saturated carbocycles. The summed E-state index contributed by atoms with van der Waals surface area (Å²) in [6.45, 7) is 3.16. The summed E-state index contributed by atoms with van der Waals surface area (Å²) in [5.74, 6) is -0.969. The molecule has 2 N–H and O–H groups in total. The van der Waals surface area contributed by atoms with Gasteiger partial charge in [-0.15, -0.1) is 0 Å². The zero-order valence-electron chi connectivity index (χ0n) is 17.2. The first-order valence-electron chi connectivity index (χ1n) is 9.64. The normalized spacial score (nSPS) is 13.3. The maximum absolute atomic E-state index is 13.8. The molecule has 1 amide bonds. The second-order valence-electron chi connectivity index (χ2n) is 7.21. The summed E-state index contributed by atoms with van der Waals surface area (Å²) in [5, 5.41) is 12.2. The number of rotatable bonds is 6. The van der Waals surface area contributed by atoms with Gasteiger partial charge >= 0.3 is 6.18 Å². The van der Waals surface area contributed by atoms with Gasteiger partial charge in [0.25, 0.3) is 5.91 Å². The van der Waals surface area contributed by atoms with Crippen LogP contribution >= 0.6 is 0 Å². The van der Waals surface area contributed by atoms with E-state index in [0.717, 1.165) is 24.3 Å². The van der Waals surface area contributed by atoms with Crippen LogP contribution in [0.15, 0.2) is 60.8 Å². The molecular formula is C23H20F4N2O3. The fourth-order valence-electron chi connectivity index (χ4n) is 2.75. The smallest absolute Gasteiger partial charge is 0.416 e. The largest absolute Gasteiger partial charge is 0.438 e. The van der Waals surface area contributed by atoms with Crippen LogP contribution in [-0.2, 0) is 6.18 Å². The average molecular weight is 448 g/mol. The molecule has 0 unspecified atom stereocenters. The van der Waals surface area contributed by atoms with Gasteiger partial charge in [0, 0.05) is 11.8 Å². The summed E-state index contributed by atoms with van der Waals surface area (Å²) in [5.41, 5.74) is -0.0710. The number of benzene rings is 2. The minimum absolute atomic E-state index is 0.0181. The Morgan fingerprint density at radius 1 is 1.09 bits per heavy atom. The van der Waals surface area contributed by atoms with Crippen molar-refractivity contribution < 1.29 is 32.2 Å². The van der Waals surface area contributed by atoms with Crippen molar-refractivity contribution in [2.24, 2.45) is 0 Å². The molecule has 1 aromatic heterocycles. The molecule has 2 atom stereocenters. The lowest BCUT2D eigenvalue weighted by Gasteiger charge is -2.17. The van der Waals surface area contributed by atoms with E-state index in [1.54, 1.807) is 13.0 Å². The minimum atomic E-state index is -4.48. The molecule has 0 spiro atoms. The van der Waals surface area contributed by atoms with Crippen molar-refractivity contribution >= 4 is 5.91 Å². The number of carbonyl (C=O) groups is 1. The number of pyridine rings is 1. The highest BCUT2D eigenvalue weighted by molar-refractivity contribution is 5.95. The Kier molecular flexibility index (Phi) is 6.78. The Balaban J connectivity index is 1.97. The van der Waals surface area contributed by atoms with Gasteiger partial charge in [-0.1, -0.05) is 12.1 Å². The van der Waals surface area contributed by atoms with Crippen LogP contribution in [0.25, 0.3) is 11.1 Å². The molecule has 3 aromatic rings. The molecule has 0 fully saturated rings. The molecule has 0 aliphatic carbocycles. The number of hydrogen-bond donors (Lipinski definition) is 2. The van der Waals surface area contributed by atoms with Crippen molar-refractivity contribution in [3.63, 3.8) is 0 Å². The van der Waals surface area contributed by atoms with Gasteiger partial charge in [0.15, 0.2) is 0 Å². The molecule has 9 heteroatoms. The van der Waals surface area contributed by atoms with Gasteiger partial charge in [0.2, 0.25) is 5.88 Å². The van der Waals surface area contributed by atoms with E-state index in [4.69, 9.17) is 4.74 Å². The first-order chi connectivity index (χ1) is 15.0. The molecule has 2 aromatic carbocycles. The van der Waals surface area contributed by atoms with Gasteiger partial charge < -0.3 is 15.2 Å². The maximum Gasteiger partial charge on any atom is 0.416 e. The predicted octanol–water partition coefficient (Wildman–Crippen LogP) is 5.20. The summed E-state index contributed by atoms with van der Waals surface area (Å²) in [7, 11) is 0. The van der Waals surface area contributed by atoms with Gasteiger partial charge in [-0.3, -0.25) is 4.79 Å². The third-order valence-corrected chi connectivity index (χ3v) is 4.73. The van der Waals surface area contributed by atoms with Crippen molar-refractivity contribution in [3.05, 3.63) is 77.7 Å². The van der Waals surface area contributed by atoms with Crippen LogP contribution in [0.1, 0.15) is 29.8 Å². The number of aliphatic hydroxyl groups excluding tert-OH is 1. The molecule has 0 aliphatic rings. The summed E-state index contributed by atoms with van der Waals surface area (Å²) < 4.78 is 57.8. The van der Waals surface area contributed by atoms with Crippen molar-refractivity contribution in [1.29, 1.82) is 0 Å². The second kappa shape index (κ2) is 9.35. The highest BCUT2D eigenvalue weighted by atomic mass is 19.4. The topological polar surface area (TPSA) is 71.5 Å². The van der Waals surface area contributed by atoms with Gasteiger partial charge in [0.1, 0.15) is 11.6 Å².